The Labute approximate surface area is 141 Å². The third kappa shape index (κ3) is 3.82. The number of halogens is 1. The maximum Gasteiger partial charge on any atom is 0.251 e. The molecule has 5 nitrogen and oxygen atoms in total. The van der Waals surface area contributed by atoms with Crippen molar-refractivity contribution in [2.24, 2.45) is 5.92 Å². The van der Waals surface area contributed by atoms with Crippen LogP contribution in [0.25, 0.3) is 5.69 Å². The van der Waals surface area contributed by atoms with Crippen LogP contribution in [0.2, 0.25) is 0 Å². The molecule has 6 heteroatoms. The third-order valence-electron chi connectivity index (χ3n) is 4.30. The molecule has 0 saturated heterocycles. The van der Waals surface area contributed by atoms with Crippen molar-refractivity contribution in [3.63, 3.8) is 0 Å². The second kappa shape index (κ2) is 6.73. The number of rotatable bonds is 5. The molecule has 0 spiro atoms. The number of aliphatic hydroxyl groups is 1. The first-order chi connectivity index (χ1) is 11.1. The number of amides is 1. The first-order valence-corrected chi connectivity index (χ1v) is 7.95. The number of carbonyl (C=O) groups excluding carboxylic acids is 1. The number of hydrogen-bond acceptors (Lipinski definition) is 3. The van der Waals surface area contributed by atoms with E-state index in [0.717, 1.165) is 11.4 Å². The molecule has 2 aromatic rings. The molecule has 2 N–H and O–H groups in total. The van der Waals surface area contributed by atoms with Crippen LogP contribution in [0.15, 0.2) is 24.3 Å². The molecular weight excluding hydrogens is 309 g/mol. The van der Waals surface area contributed by atoms with Gasteiger partial charge in [-0.2, -0.15) is 5.10 Å². The molecule has 0 aliphatic carbocycles. The highest BCUT2D eigenvalue weighted by Crippen LogP contribution is 2.18. The van der Waals surface area contributed by atoms with E-state index in [9.17, 15) is 14.3 Å². The second-order valence-electron chi connectivity index (χ2n) is 6.70. The van der Waals surface area contributed by atoms with Crippen LogP contribution in [0.5, 0.6) is 0 Å². The van der Waals surface area contributed by atoms with E-state index >= 15 is 0 Å². The fourth-order valence-electron chi connectivity index (χ4n) is 2.26. The van der Waals surface area contributed by atoms with Gasteiger partial charge in [-0.25, -0.2) is 9.07 Å². The first kappa shape index (κ1) is 18.1. The number of nitrogens with zero attached hydrogens (tertiary/aromatic N) is 2. The van der Waals surface area contributed by atoms with Crippen molar-refractivity contribution in [2.75, 3.05) is 6.54 Å². The molecule has 0 radical (unpaired) electrons. The van der Waals surface area contributed by atoms with E-state index in [1.807, 2.05) is 33.8 Å². The van der Waals surface area contributed by atoms with Gasteiger partial charge in [0.05, 0.1) is 11.3 Å². The van der Waals surface area contributed by atoms with E-state index < -0.39 is 17.3 Å². The lowest BCUT2D eigenvalue weighted by Crippen LogP contribution is -2.44. The van der Waals surface area contributed by atoms with Gasteiger partial charge >= 0.3 is 0 Å². The van der Waals surface area contributed by atoms with Crippen molar-refractivity contribution in [2.45, 2.75) is 40.2 Å². The summed E-state index contributed by atoms with van der Waals surface area (Å²) < 4.78 is 15.9. The van der Waals surface area contributed by atoms with Crippen LogP contribution >= 0.6 is 0 Å². The molecule has 24 heavy (non-hydrogen) atoms. The van der Waals surface area contributed by atoms with Gasteiger partial charge < -0.3 is 10.4 Å². The van der Waals surface area contributed by atoms with E-state index in [0.29, 0.717) is 5.69 Å². The normalized spacial score (nSPS) is 13.8. The summed E-state index contributed by atoms with van der Waals surface area (Å²) >= 11 is 0. The van der Waals surface area contributed by atoms with Gasteiger partial charge in [-0.3, -0.25) is 4.79 Å². The molecule has 0 bridgehead atoms. The van der Waals surface area contributed by atoms with Gasteiger partial charge in [0.1, 0.15) is 11.5 Å². The molecule has 1 amide bonds. The number of carbonyl (C=O) groups is 1. The summed E-state index contributed by atoms with van der Waals surface area (Å²) in [4.78, 5) is 12.2. The summed E-state index contributed by atoms with van der Waals surface area (Å²) in [5.74, 6) is -0.956. The maximum atomic E-state index is 14.4. The van der Waals surface area contributed by atoms with Crippen LogP contribution in [0.3, 0.4) is 0 Å². The Kier molecular flexibility index (Phi) is 5.08. The molecule has 1 unspecified atom stereocenters. The lowest BCUT2D eigenvalue weighted by molar-refractivity contribution is 0.0142. The Morgan fingerprint density at radius 1 is 1.38 bits per heavy atom. The van der Waals surface area contributed by atoms with E-state index in [1.165, 1.54) is 16.8 Å². The molecular formula is C18H24FN3O2. The number of benzene rings is 1. The zero-order valence-electron chi connectivity index (χ0n) is 14.7. The zero-order valence-corrected chi connectivity index (χ0v) is 14.7. The topological polar surface area (TPSA) is 67.2 Å². The Morgan fingerprint density at radius 3 is 2.54 bits per heavy atom. The molecule has 2 rings (SSSR count). The lowest BCUT2D eigenvalue weighted by Gasteiger charge is -2.27. The van der Waals surface area contributed by atoms with Crippen molar-refractivity contribution in [3.8, 4) is 5.69 Å². The van der Waals surface area contributed by atoms with Gasteiger partial charge in [0.15, 0.2) is 0 Å². The molecule has 0 saturated carbocycles. The van der Waals surface area contributed by atoms with E-state index in [-0.39, 0.29) is 18.0 Å². The Bertz CT molecular complexity index is 751. The van der Waals surface area contributed by atoms with Crippen molar-refractivity contribution in [3.05, 3.63) is 47.0 Å². The number of nitrogens with one attached hydrogen (secondary N) is 1. The summed E-state index contributed by atoms with van der Waals surface area (Å²) in [6.45, 7) is 9.18. The Hall–Kier alpha value is -2.21. The maximum absolute atomic E-state index is 14.4. The van der Waals surface area contributed by atoms with Crippen molar-refractivity contribution in [1.29, 1.82) is 0 Å². The highest BCUT2D eigenvalue weighted by Gasteiger charge is 2.25. The third-order valence-corrected chi connectivity index (χ3v) is 4.30. The summed E-state index contributed by atoms with van der Waals surface area (Å²) in [6.07, 6.45) is 0. The number of aryl methyl sites for hydroxylation is 2. The van der Waals surface area contributed by atoms with E-state index in [2.05, 4.69) is 10.4 Å². The average Bonchev–Trinajstić information content (AvgIpc) is 2.83. The fourth-order valence-corrected chi connectivity index (χ4v) is 2.26. The predicted molar refractivity (Wildman–Crippen MR) is 90.8 cm³/mol. The number of aromatic nitrogens is 2. The van der Waals surface area contributed by atoms with Crippen molar-refractivity contribution in [1.82, 2.24) is 15.1 Å². The molecule has 1 aromatic carbocycles. The van der Waals surface area contributed by atoms with Crippen LogP contribution in [0.4, 0.5) is 4.39 Å². The zero-order chi connectivity index (χ0) is 18.1. The minimum absolute atomic E-state index is 0.0112. The minimum atomic E-state index is -1.02. The van der Waals surface area contributed by atoms with Gasteiger partial charge in [-0.05, 0) is 51.0 Å². The molecule has 0 fully saturated rings. The summed E-state index contributed by atoms with van der Waals surface area (Å²) in [5.41, 5.74) is 1.10. The van der Waals surface area contributed by atoms with Crippen LogP contribution in [0.1, 0.15) is 42.5 Å². The molecule has 0 aliphatic rings. The summed E-state index contributed by atoms with van der Waals surface area (Å²) in [7, 11) is 0. The van der Waals surface area contributed by atoms with Crippen molar-refractivity contribution >= 4 is 5.91 Å². The van der Waals surface area contributed by atoms with E-state index in [1.54, 1.807) is 13.0 Å². The van der Waals surface area contributed by atoms with Gasteiger partial charge in [0.25, 0.3) is 5.91 Å². The molecule has 1 heterocycles. The smallest absolute Gasteiger partial charge is 0.251 e. The Balaban J connectivity index is 2.17. The minimum Gasteiger partial charge on any atom is -0.388 e. The van der Waals surface area contributed by atoms with Gasteiger partial charge in [0, 0.05) is 17.8 Å². The highest BCUT2D eigenvalue weighted by atomic mass is 19.1. The highest BCUT2D eigenvalue weighted by molar-refractivity contribution is 5.94. The van der Waals surface area contributed by atoms with Crippen LogP contribution in [-0.2, 0) is 0 Å². The fraction of sp³-hybridized carbons (Fsp3) is 0.444. The van der Waals surface area contributed by atoms with Crippen molar-refractivity contribution < 1.29 is 14.3 Å². The Morgan fingerprint density at radius 2 is 2.04 bits per heavy atom. The molecule has 0 aliphatic heterocycles. The van der Waals surface area contributed by atoms with Crippen LogP contribution in [0, 0.1) is 25.6 Å². The SMILES string of the molecule is Cc1cc(C)n(-c2ccc(C(=O)NCC(C)(O)C(C)C)cc2F)n1. The number of hydrogen-bond donors (Lipinski definition) is 2. The van der Waals surface area contributed by atoms with Gasteiger partial charge in [0.2, 0.25) is 0 Å². The average molecular weight is 333 g/mol. The standard InChI is InChI=1S/C18H24FN3O2/c1-11(2)18(5,24)10-20-17(23)14-6-7-16(15(19)9-14)22-13(4)8-12(3)21-22/h6-9,11,24H,10H2,1-5H3,(H,20,23). The second-order valence-corrected chi connectivity index (χ2v) is 6.70. The monoisotopic (exact) mass is 333 g/mol. The quantitative estimate of drug-likeness (QED) is 0.884. The molecule has 1 atom stereocenters. The van der Waals surface area contributed by atoms with Crippen LogP contribution in [-0.4, -0.2) is 32.9 Å². The van der Waals surface area contributed by atoms with Gasteiger partial charge in [-0.1, -0.05) is 13.8 Å². The largest absolute Gasteiger partial charge is 0.388 e. The summed E-state index contributed by atoms with van der Waals surface area (Å²) in [6, 6.07) is 6.12. The first-order valence-electron chi connectivity index (χ1n) is 7.95. The predicted octanol–water partition coefficient (Wildman–Crippen LogP) is 2.77. The molecule has 130 valence electrons. The van der Waals surface area contributed by atoms with Gasteiger partial charge in [-0.15, -0.1) is 0 Å². The lowest BCUT2D eigenvalue weighted by atomic mass is 9.92. The van der Waals surface area contributed by atoms with Crippen LogP contribution < -0.4 is 5.32 Å². The summed E-state index contributed by atoms with van der Waals surface area (Å²) in [5, 5.41) is 17.1. The van der Waals surface area contributed by atoms with E-state index in [4.69, 9.17) is 0 Å². The molecule has 1 aromatic heterocycles.